The minimum Gasteiger partial charge on any atom is -0.392 e. The molecular weight excluding hydrogens is 114 g/mol. The Morgan fingerprint density at radius 1 is 1.78 bits per heavy atom. The summed E-state index contributed by atoms with van der Waals surface area (Å²) in [7, 11) is 1.85. The van der Waals surface area contributed by atoms with Crippen LogP contribution in [0.3, 0.4) is 0 Å². The smallest absolute Gasteiger partial charge is 0.119 e. The lowest BCUT2D eigenvalue weighted by molar-refractivity contribution is -0.107. The van der Waals surface area contributed by atoms with Gasteiger partial charge in [-0.1, -0.05) is 13.5 Å². The molecular formula is C7H15NO. The first-order chi connectivity index (χ1) is 4.18. The van der Waals surface area contributed by atoms with Crippen LogP contribution in [-0.2, 0) is 4.79 Å². The molecule has 2 nitrogen and oxygen atoms in total. The van der Waals surface area contributed by atoms with E-state index >= 15 is 0 Å². The van der Waals surface area contributed by atoms with E-state index in [4.69, 9.17) is 0 Å². The van der Waals surface area contributed by atoms with Gasteiger partial charge in [0.15, 0.2) is 0 Å². The molecule has 0 atom stereocenters. The summed E-state index contributed by atoms with van der Waals surface area (Å²) in [6.07, 6.45) is 1.51. The van der Waals surface area contributed by atoms with Gasteiger partial charge in [-0.3, -0.25) is 0 Å². The van der Waals surface area contributed by atoms with Crippen molar-refractivity contribution in [1.82, 2.24) is 5.32 Å². The highest BCUT2D eigenvalue weighted by molar-refractivity contribution is 5.48. The molecule has 0 saturated carbocycles. The lowest BCUT2D eigenvalue weighted by Crippen LogP contribution is -1.98. The van der Waals surface area contributed by atoms with Gasteiger partial charge in [0.25, 0.3) is 0 Å². The molecule has 0 aliphatic heterocycles. The van der Waals surface area contributed by atoms with E-state index in [2.05, 4.69) is 11.9 Å². The first kappa shape index (κ1) is 11.1. The van der Waals surface area contributed by atoms with E-state index < -0.39 is 0 Å². The SMILES string of the molecule is C=C(C)NC.CCC=O. The minimum absolute atomic E-state index is 0.639. The van der Waals surface area contributed by atoms with Gasteiger partial charge in [-0.25, -0.2) is 0 Å². The van der Waals surface area contributed by atoms with Gasteiger partial charge in [-0.05, 0) is 12.6 Å². The summed E-state index contributed by atoms with van der Waals surface area (Å²) < 4.78 is 0. The molecule has 0 amide bonds. The third-order valence-corrected chi connectivity index (χ3v) is 0.593. The van der Waals surface area contributed by atoms with Crippen molar-refractivity contribution in [3.8, 4) is 0 Å². The monoisotopic (exact) mass is 129 g/mol. The maximum Gasteiger partial charge on any atom is 0.119 e. The molecule has 0 heterocycles. The van der Waals surface area contributed by atoms with E-state index in [0.29, 0.717) is 6.42 Å². The van der Waals surface area contributed by atoms with Gasteiger partial charge in [0.05, 0.1) is 0 Å². The molecule has 2 heteroatoms. The molecule has 0 bridgehead atoms. The van der Waals surface area contributed by atoms with E-state index in [-0.39, 0.29) is 0 Å². The maximum atomic E-state index is 9.17. The molecule has 54 valence electrons. The van der Waals surface area contributed by atoms with Crippen LogP contribution in [0.25, 0.3) is 0 Å². The Morgan fingerprint density at radius 3 is 2.00 bits per heavy atom. The molecule has 0 aliphatic rings. The average molecular weight is 129 g/mol. The van der Waals surface area contributed by atoms with Crippen LogP contribution in [-0.4, -0.2) is 13.3 Å². The Labute approximate surface area is 57.0 Å². The number of carbonyl (C=O) groups is 1. The number of allylic oxidation sites excluding steroid dienone is 1. The highest BCUT2D eigenvalue weighted by Gasteiger charge is 1.62. The molecule has 0 aromatic heterocycles. The molecule has 0 saturated heterocycles. The molecule has 0 aromatic rings. The van der Waals surface area contributed by atoms with Crippen LogP contribution in [0.15, 0.2) is 12.3 Å². The zero-order valence-electron chi connectivity index (χ0n) is 6.40. The summed E-state index contributed by atoms with van der Waals surface area (Å²) in [5.41, 5.74) is 1.00. The Balaban J connectivity index is 0. The molecule has 9 heavy (non-hydrogen) atoms. The Bertz CT molecular complexity index is 79.0. The molecule has 0 rings (SSSR count). The Kier molecular flexibility index (Phi) is 12.6. The fourth-order valence-electron chi connectivity index (χ4n) is 0. The highest BCUT2D eigenvalue weighted by atomic mass is 16.1. The number of rotatable bonds is 2. The van der Waals surface area contributed by atoms with Crippen molar-refractivity contribution in [2.24, 2.45) is 0 Å². The minimum atomic E-state index is 0.639. The van der Waals surface area contributed by atoms with Crippen LogP contribution in [0.5, 0.6) is 0 Å². The molecule has 0 unspecified atom stereocenters. The van der Waals surface area contributed by atoms with Crippen LogP contribution in [0.4, 0.5) is 0 Å². The van der Waals surface area contributed by atoms with Crippen molar-refractivity contribution in [1.29, 1.82) is 0 Å². The van der Waals surface area contributed by atoms with Gasteiger partial charge in [0.1, 0.15) is 6.29 Å². The van der Waals surface area contributed by atoms with Gasteiger partial charge >= 0.3 is 0 Å². The number of hydrogen-bond acceptors (Lipinski definition) is 2. The second kappa shape index (κ2) is 10.2. The number of carbonyl (C=O) groups excluding carboxylic acids is 1. The third kappa shape index (κ3) is 40.1. The maximum absolute atomic E-state index is 9.17. The fourth-order valence-corrected chi connectivity index (χ4v) is 0. The van der Waals surface area contributed by atoms with Crippen molar-refractivity contribution in [3.05, 3.63) is 12.3 Å². The summed E-state index contributed by atoms with van der Waals surface area (Å²) in [6, 6.07) is 0. The Morgan fingerprint density at radius 2 is 2.00 bits per heavy atom. The molecule has 0 radical (unpaired) electrons. The highest BCUT2D eigenvalue weighted by Crippen LogP contribution is 1.68. The summed E-state index contributed by atoms with van der Waals surface area (Å²) in [6.45, 7) is 7.29. The van der Waals surface area contributed by atoms with Gasteiger partial charge in [0, 0.05) is 13.5 Å². The van der Waals surface area contributed by atoms with Crippen molar-refractivity contribution >= 4 is 6.29 Å². The fraction of sp³-hybridized carbons (Fsp3) is 0.571. The summed E-state index contributed by atoms with van der Waals surface area (Å²) in [5.74, 6) is 0. The molecule has 0 aliphatic carbocycles. The van der Waals surface area contributed by atoms with Crippen molar-refractivity contribution in [2.45, 2.75) is 20.3 Å². The molecule has 1 N–H and O–H groups in total. The summed E-state index contributed by atoms with van der Waals surface area (Å²) >= 11 is 0. The largest absolute Gasteiger partial charge is 0.392 e. The first-order valence-corrected chi connectivity index (χ1v) is 2.95. The quantitative estimate of drug-likeness (QED) is 0.570. The average Bonchev–Trinajstić information content (AvgIpc) is 1.89. The van der Waals surface area contributed by atoms with Crippen molar-refractivity contribution in [3.63, 3.8) is 0 Å². The number of aldehydes is 1. The van der Waals surface area contributed by atoms with Crippen LogP contribution < -0.4 is 5.32 Å². The van der Waals surface area contributed by atoms with E-state index in [1.807, 2.05) is 20.9 Å². The number of nitrogens with one attached hydrogen (secondary N) is 1. The van der Waals surface area contributed by atoms with Crippen molar-refractivity contribution < 1.29 is 4.79 Å². The lowest BCUT2D eigenvalue weighted by Gasteiger charge is -1.87. The molecule has 0 spiro atoms. The van der Waals surface area contributed by atoms with Crippen LogP contribution in [0, 0.1) is 0 Å². The lowest BCUT2D eigenvalue weighted by atomic mass is 10.6. The summed E-state index contributed by atoms with van der Waals surface area (Å²) in [4.78, 5) is 9.17. The second-order valence-electron chi connectivity index (χ2n) is 1.61. The summed E-state index contributed by atoms with van der Waals surface area (Å²) in [5, 5.41) is 2.83. The standard InChI is InChI=1S/C4H9N.C3H6O/c1-4(2)5-3;1-2-3-4/h5H,1H2,2-3H3;3H,2H2,1H3. The van der Waals surface area contributed by atoms with E-state index in [9.17, 15) is 4.79 Å². The van der Waals surface area contributed by atoms with Crippen LogP contribution >= 0.6 is 0 Å². The zero-order chi connectivity index (χ0) is 7.70. The van der Waals surface area contributed by atoms with Gasteiger partial charge < -0.3 is 10.1 Å². The predicted octanol–water partition coefficient (Wildman–Crippen LogP) is 1.33. The second-order valence-corrected chi connectivity index (χ2v) is 1.61. The van der Waals surface area contributed by atoms with E-state index in [1.165, 1.54) is 0 Å². The van der Waals surface area contributed by atoms with Gasteiger partial charge in [-0.2, -0.15) is 0 Å². The number of hydrogen-bond donors (Lipinski definition) is 1. The predicted molar refractivity (Wildman–Crippen MR) is 40.2 cm³/mol. The van der Waals surface area contributed by atoms with Crippen LogP contribution in [0.2, 0.25) is 0 Å². The first-order valence-electron chi connectivity index (χ1n) is 2.95. The molecule has 0 aromatic carbocycles. The molecule has 0 fully saturated rings. The topological polar surface area (TPSA) is 29.1 Å². The van der Waals surface area contributed by atoms with Crippen LogP contribution in [0.1, 0.15) is 20.3 Å². The normalized spacial score (nSPS) is 6.56. The third-order valence-electron chi connectivity index (χ3n) is 0.593. The van der Waals surface area contributed by atoms with Gasteiger partial charge in [0.2, 0.25) is 0 Å². The van der Waals surface area contributed by atoms with E-state index in [1.54, 1.807) is 0 Å². The van der Waals surface area contributed by atoms with Crippen molar-refractivity contribution in [2.75, 3.05) is 7.05 Å². The van der Waals surface area contributed by atoms with E-state index in [0.717, 1.165) is 12.0 Å². The zero-order valence-corrected chi connectivity index (χ0v) is 6.40. The van der Waals surface area contributed by atoms with Gasteiger partial charge in [-0.15, -0.1) is 0 Å². The Hall–Kier alpha value is -0.790.